The highest BCUT2D eigenvalue weighted by Gasteiger charge is 2.33. The maximum atomic E-state index is 11.8. The summed E-state index contributed by atoms with van der Waals surface area (Å²) in [7, 11) is -3.98. The van der Waals surface area contributed by atoms with Gasteiger partial charge < -0.3 is 4.89 Å². The van der Waals surface area contributed by atoms with Gasteiger partial charge in [-0.25, -0.2) is 10.5 Å². The van der Waals surface area contributed by atoms with E-state index >= 15 is 0 Å². The van der Waals surface area contributed by atoms with Gasteiger partial charge in [0.2, 0.25) is 0 Å². The van der Waals surface area contributed by atoms with Crippen molar-refractivity contribution in [3.63, 3.8) is 0 Å². The van der Waals surface area contributed by atoms with Gasteiger partial charge >= 0.3 is 7.60 Å². The van der Waals surface area contributed by atoms with Gasteiger partial charge in [0, 0.05) is 6.42 Å². The van der Waals surface area contributed by atoms with E-state index in [1.807, 2.05) is 0 Å². The molecule has 5 nitrogen and oxygen atoms in total. The average molecular weight is 363 g/mol. The van der Waals surface area contributed by atoms with Gasteiger partial charge in [-0.15, -0.1) is 0 Å². The van der Waals surface area contributed by atoms with Gasteiger partial charge in [0.05, 0.1) is 0 Å². The molecule has 0 amide bonds. The first kappa shape index (κ1) is 23.8. The summed E-state index contributed by atoms with van der Waals surface area (Å²) in [5.41, 5.74) is -1.03. The first-order valence-electron chi connectivity index (χ1n) is 9.69. The van der Waals surface area contributed by atoms with E-state index in [4.69, 9.17) is 5.90 Å². The highest BCUT2D eigenvalue weighted by Crippen LogP contribution is 2.46. The molecule has 0 spiro atoms. The monoisotopic (exact) mass is 363 g/mol. The fourth-order valence-electron chi connectivity index (χ4n) is 2.80. The summed E-state index contributed by atoms with van der Waals surface area (Å²) in [6.07, 6.45) is 16.5. The van der Waals surface area contributed by atoms with Crippen LogP contribution in [0.3, 0.4) is 0 Å². The predicted molar refractivity (Wildman–Crippen MR) is 99.9 cm³/mol. The zero-order chi connectivity index (χ0) is 18.3. The molecular formula is C18H38NO4P. The molecule has 0 aliphatic heterocycles. The van der Waals surface area contributed by atoms with Gasteiger partial charge in [0.15, 0.2) is 0 Å². The van der Waals surface area contributed by atoms with E-state index in [9.17, 15) is 14.3 Å². The van der Waals surface area contributed by atoms with Crippen LogP contribution in [0.2, 0.25) is 0 Å². The highest BCUT2D eigenvalue weighted by atomic mass is 31.2. The number of hydrogen-bond acceptors (Lipinski definition) is 4. The SMILES string of the molecule is CCCCCCCCCCCCCCCC(=O)C(C)P(=O)(O)ON. The number of rotatable bonds is 17. The smallest absolute Gasteiger partial charge is 0.323 e. The van der Waals surface area contributed by atoms with Gasteiger partial charge in [-0.3, -0.25) is 9.36 Å². The van der Waals surface area contributed by atoms with E-state index in [0.29, 0.717) is 6.42 Å². The molecule has 24 heavy (non-hydrogen) atoms. The second-order valence-electron chi connectivity index (χ2n) is 6.80. The molecule has 6 heteroatoms. The lowest BCUT2D eigenvalue weighted by atomic mass is 10.0. The van der Waals surface area contributed by atoms with Crippen molar-refractivity contribution in [2.24, 2.45) is 5.90 Å². The summed E-state index contributed by atoms with van der Waals surface area (Å²) in [6, 6.07) is 0. The highest BCUT2D eigenvalue weighted by molar-refractivity contribution is 7.54. The van der Waals surface area contributed by atoms with Crippen LogP contribution in [0.25, 0.3) is 0 Å². The Morgan fingerprint density at radius 3 is 1.67 bits per heavy atom. The molecule has 2 unspecified atom stereocenters. The fourth-order valence-corrected chi connectivity index (χ4v) is 3.47. The Balaban J connectivity index is 3.39. The van der Waals surface area contributed by atoms with Crippen LogP contribution < -0.4 is 5.90 Å². The maximum absolute atomic E-state index is 11.8. The summed E-state index contributed by atoms with van der Waals surface area (Å²) >= 11 is 0. The van der Waals surface area contributed by atoms with Crippen molar-refractivity contribution < 1.29 is 18.9 Å². The average Bonchev–Trinajstić information content (AvgIpc) is 2.58. The van der Waals surface area contributed by atoms with E-state index in [-0.39, 0.29) is 5.78 Å². The Labute approximate surface area is 148 Å². The Bertz CT molecular complexity index is 363. The molecule has 0 bridgehead atoms. The van der Waals surface area contributed by atoms with Crippen molar-refractivity contribution in [1.29, 1.82) is 0 Å². The lowest BCUT2D eigenvalue weighted by molar-refractivity contribution is -0.118. The minimum absolute atomic E-state index is 0.241. The Kier molecular flexibility index (Phi) is 14.9. The summed E-state index contributed by atoms with van der Waals surface area (Å²) in [4.78, 5) is 21.1. The van der Waals surface area contributed by atoms with Gasteiger partial charge in [0.1, 0.15) is 11.4 Å². The summed E-state index contributed by atoms with van der Waals surface area (Å²) in [5.74, 6) is 4.51. The number of Topliss-reactive ketones (excluding diaryl/α,β-unsaturated/α-hetero) is 1. The van der Waals surface area contributed by atoms with Crippen LogP contribution in [-0.2, 0) is 14.0 Å². The first-order valence-corrected chi connectivity index (χ1v) is 11.3. The van der Waals surface area contributed by atoms with Gasteiger partial charge in [0.25, 0.3) is 0 Å². The molecule has 0 saturated carbocycles. The van der Waals surface area contributed by atoms with Crippen LogP contribution in [0.1, 0.15) is 104 Å². The molecule has 0 radical (unpaired) electrons. The molecule has 0 aliphatic carbocycles. The van der Waals surface area contributed by atoms with Crippen LogP contribution in [0, 0.1) is 0 Å². The summed E-state index contributed by atoms with van der Waals surface area (Å²) in [5, 5.41) is 0. The van der Waals surface area contributed by atoms with Gasteiger partial charge in [-0.2, -0.15) is 0 Å². The molecule has 3 N–H and O–H groups in total. The van der Waals surface area contributed by atoms with E-state index in [2.05, 4.69) is 11.5 Å². The van der Waals surface area contributed by atoms with Crippen LogP contribution in [0.4, 0.5) is 0 Å². The number of unbranched alkanes of at least 4 members (excludes halogenated alkanes) is 12. The van der Waals surface area contributed by atoms with Crippen LogP contribution in [-0.4, -0.2) is 16.3 Å². The fraction of sp³-hybridized carbons (Fsp3) is 0.944. The van der Waals surface area contributed by atoms with Crippen molar-refractivity contribution in [2.75, 3.05) is 0 Å². The zero-order valence-corrected chi connectivity index (χ0v) is 16.6. The normalized spacial score (nSPS) is 15.2. The summed E-state index contributed by atoms with van der Waals surface area (Å²) in [6.45, 7) is 3.65. The third-order valence-electron chi connectivity index (χ3n) is 4.63. The standard InChI is InChI=1S/C18H38NO4P/c1-3-4-5-6-7-8-9-10-11-12-13-14-15-16-18(20)17(2)24(21,22)23-19/h17H,3-16,19H2,1-2H3,(H,21,22). The molecule has 0 aliphatic rings. The number of nitrogens with two attached hydrogens (primary N) is 1. The maximum Gasteiger partial charge on any atom is 0.354 e. The zero-order valence-electron chi connectivity index (χ0n) is 15.7. The third-order valence-corrected chi connectivity index (χ3v) is 6.20. The van der Waals surface area contributed by atoms with E-state index in [1.54, 1.807) is 0 Å². The minimum atomic E-state index is -3.98. The van der Waals surface area contributed by atoms with Crippen LogP contribution >= 0.6 is 7.60 Å². The number of hydrogen-bond donors (Lipinski definition) is 2. The molecule has 2 atom stereocenters. The van der Waals surface area contributed by atoms with Crippen molar-refractivity contribution in [2.45, 2.75) is 109 Å². The topological polar surface area (TPSA) is 89.6 Å². The van der Waals surface area contributed by atoms with Gasteiger partial charge in [-0.05, 0) is 13.3 Å². The van der Waals surface area contributed by atoms with Crippen molar-refractivity contribution in [1.82, 2.24) is 0 Å². The molecule has 0 aromatic rings. The number of ketones is 1. The Morgan fingerprint density at radius 2 is 1.29 bits per heavy atom. The van der Waals surface area contributed by atoms with E-state index < -0.39 is 13.3 Å². The number of carbonyl (C=O) groups is 1. The second kappa shape index (κ2) is 15.1. The lowest BCUT2D eigenvalue weighted by Gasteiger charge is -2.14. The molecule has 0 aromatic heterocycles. The minimum Gasteiger partial charge on any atom is -0.323 e. The number of carbonyl (C=O) groups excluding carboxylic acids is 1. The van der Waals surface area contributed by atoms with Crippen molar-refractivity contribution >= 4 is 13.4 Å². The molecule has 0 saturated heterocycles. The van der Waals surface area contributed by atoms with E-state index in [1.165, 1.54) is 71.1 Å². The molecule has 0 fully saturated rings. The Morgan fingerprint density at radius 1 is 0.917 bits per heavy atom. The van der Waals surface area contributed by atoms with Crippen molar-refractivity contribution in [3.8, 4) is 0 Å². The largest absolute Gasteiger partial charge is 0.354 e. The second-order valence-corrected chi connectivity index (χ2v) is 8.92. The van der Waals surface area contributed by atoms with E-state index in [0.717, 1.165) is 19.3 Å². The molecule has 144 valence electrons. The molecule has 0 heterocycles. The first-order chi connectivity index (χ1) is 11.5. The molecule has 0 aromatic carbocycles. The van der Waals surface area contributed by atoms with Crippen LogP contribution in [0.15, 0.2) is 0 Å². The Hall–Kier alpha value is -0.220. The van der Waals surface area contributed by atoms with Gasteiger partial charge in [-0.1, -0.05) is 84.0 Å². The van der Waals surface area contributed by atoms with Crippen LogP contribution in [0.5, 0.6) is 0 Å². The molecule has 0 rings (SSSR count). The predicted octanol–water partition coefficient (Wildman–Crippen LogP) is 5.50. The quantitative estimate of drug-likeness (QED) is 0.202. The molecular weight excluding hydrogens is 325 g/mol. The third kappa shape index (κ3) is 12.2. The van der Waals surface area contributed by atoms with Crippen molar-refractivity contribution in [3.05, 3.63) is 0 Å². The summed E-state index contributed by atoms with van der Waals surface area (Å²) < 4.78 is 15.5. The lowest BCUT2D eigenvalue weighted by Crippen LogP contribution is -2.19.